The smallest absolute Gasteiger partial charge is 0.433 e. The van der Waals surface area contributed by atoms with Crippen LogP contribution in [-0.4, -0.2) is 18.9 Å². The number of carbonyl (C=O) groups excluding carboxylic acids is 1. The van der Waals surface area contributed by atoms with Crippen LogP contribution in [0.25, 0.3) is 0 Å². The molecular weight excluding hydrogens is 178 g/mol. The number of carbonyl (C=O) groups is 1. The van der Waals surface area contributed by atoms with Crippen LogP contribution in [0, 0.1) is 6.92 Å². The van der Waals surface area contributed by atoms with Crippen LogP contribution >= 0.6 is 0 Å². The first-order valence-electron chi connectivity index (χ1n) is 4.50. The van der Waals surface area contributed by atoms with E-state index in [1.807, 2.05) is 31.2 Å². The summed E-state index contributed by atoms with van der Waals surface area (Å²) in [6.07, 6.45) is 0.949. The number of rotatable bonds is 2. The molecule has 0 aliphatic rings. The van der Waals surface area contributed by atoms with Crippen molar-refractivity contribution in [2.24, 2.45) is 4.99 Å². The molecule has 0 bridgehead atoms. The van der Waals surface area contributed by atoms with Gasteiger partial charge in [0, 0.05) is 6.21 Å². The normalized spacial score (nSPS) is 10.4. The Kier molecular flexibility index (Phi) is 3.85. The minimum Gasteiger partial charge on any atom is -0.448 e. The van der Waals surface area contributed by atoms with Crippen molar-refractivity contribution in [3.63, 3.8) is 0 Å². The minimum absolute atomic E-state index is 0.351. The van der Waals surface area contributed by atoms with Gasteiger partial charge in [0.05, 0.1) is 6.61 Å². The maximum atomic E-state index is 10.9. The fourth-order valence-corrected chi connectivity index (χ4v) is 0.941. The first-order valence-corrected chi connectivity index (χ1v) is 4.50. The Balaban J connectivity index is 2.60. The summed E-state index contributed by atoms with van der Waals surface area (Å²) in [5.74, 6) is 0. The third kappa shape index (κ3) is 3.39. The number of aryl methyl sites for hydroxylation is 1. The molecule has 3 heteroatoms. The van der Waals surface area contributed by atoms with Gasteiger partial charge in [-0.2, -0.15) is 4.99 Å². The predicted molar refractivity (Wildman–Crippen MR) is 55.8 cm³/mol. The van der Waals surface area contributed by atoms with Gasteiger partial charge in [0.1, 0.15) is 0 Å². The Morgan fingerprint density at radius 2 is 2.07 bits per heavy atom. The summed E-state index contributed by atoms with van der Waals surface area (Å²) in [5.41, 5.74) is 2.07. The summed E-state index contributed by atoms with van der Waals surface area (Å²) < 4.78 is 4.65. The molecule has 1 amide bonds. The molecule has 0 heterocycles. The number of hydrogen-bond acceptors (Lipinski definition) is 2. The van der Waals surface area contributed by atoms with Gasteiger partial charge in [-0.25, -0.2) is 4.79 Å². The van der Waals surface area contributed by atoms with Crippen molar-refractivity contribution < 1.29 is 9.53 Å². The van der Waals surface area contributed by atoms with Gasteiger partial charge in [-0.05, 0) is 19.4 Å². The van der Waals surface area contributed by atoms with E-state index in [1.54, 1.807) is 6.92 Å². The zero-order chi connectivity index (χ0) is 10.4. The molecule has 0 fully saturated rings. The lowest BCUT2D eigenvalue weighted by molar-refractivity contribution is 0.164. The number of amides is 1. The molecule has 0 aliphatic heterocycles. The molecule has 0 radical (unpaired) electrons. The standard InChI is InChI=1S/C11H13NO2/c1-3-14-11(13)12-8-10-6-4-9(2)5-7-10/h4-8H,3H2,1-2H3. The fourth-order valence-electron chi connectivity index (χ4n) is 0.941. The molecule has 3 nitrogen and oxygen atoms in total. The number of ether oxygens (including phenoxy) is 1. The van der Waals surface area contributed by atoms with Crippen LogP contribution in [-0.2, 0) is 4.74 Å². The third-order valence-electron chi connectivity index (χ3n) is 1.66. The molecule has 0 saturated heterocycles. The second-order valence-corrected chi connectivity index (χ2v) is 2.87. The monoisotopic (exact) mass is 191 g/mol. The zero-order valence-corrected chi connectivity index (χ0v) is 8.36. The molecular formula is C11H13NO2. The number of nitrogens with zero attached hydrogens (tertiary/aromatic N) is 1. The molecule has 0 N–H and O–H groups in total. The van der Waals surface area contributed by atoms with Crippen LogP contribution in [0.15, 0.2) is 29.3 Å². The summed E-state index contributed by atoms with van der Waals surface area (Å²) in [5, 5.41) is 0. The van der Waals surface area contributed by atoms with Crippen molar-refractivity contribution >= 4 is 12.3 Å². The van der Waals surface area contributed by atoms with Gasteiger partial charge >= 0.3 is 6.09 Å². The highest BCUT2D eigenvalue weighted by atomic mass is 16.5. The Labute approximate surface area is 83.4 Å². The van der Waals surface area contributed by atoms with Gasteiger partial charge in [-0.1, -0.05) is 29.8 Å². The van der Waals surface area contributed by atoms with Gasteiger partial charge in [0.15, 0.2) is 0 Å². The van der Waals surface area contributed by atoms with Gasteiger partial charge in [-0.15, -0.1) is 0 Å². The van der Waals surface area contributed by atoms with Crippen molar-refractivity contribution in [2.45, 2.75) is 13.8 Å². The van der Waals surface area contributed by atoms with E-state index in [4.69, 9.17) is 0 Å². The average molecular weight is 191 g/mol. The van der Waals surface area contributed by atoms with Crippen molar-refractivity contribution in [1.29, 1.82) is 0 Å². The molecule has 0 spiro atoms. The average Bonchev–Trinajstić information content (AvgIpc) is 2.17. The maximum Gasteiger partial charge on any atom is 0.433 e. The summed E-state index contributed by atoms with van der Waals surface area (Å²) in [6, 6.07) is 7.73. The number of hydrogen-bond donors (Lipinski definition) is 0. The van der Waals surface area contributed by atoms with Gasteiger partial charge < -0.3 is 4.74 Å². The van der Waals surface area contributed by atoms with E-state index >= 15 is 0 Å². The van der Waals surface area contributed by atoms with Crippen molar-refractivity contribution in [3.8, 4) is 0 Å². The van der Waals surface area contributed by atoms with Crippen molar-refractivity contribution in [1.82, 2.24) is 0 Å². The molecule has 1 aromatic carbocycles. The summed E-state index contributed by atoms with van der Waals surface area (Å²) in [4.78, 5) is 14.5. The highest BCUT2D eigenvalue weighted by molar-refractivity contribution is 5.88. The molecule has 0 aromatic heterocycles. The van der Waals surface area contributed by atoms with Gasteiger partial charge in [0.2, 0.25) is 0 Å². The fraction of sp³-hybridized carbons (Fsp3) is 0.273. The Bertz CT molecular complexity index is 328. The molecule has 74 valence electrons. The molecule has 0 saturated carbocycles. The molecule has 14 heavy (non-hydrogen) atoms. The Hall–Kier alpha value is -1.64. The first kappa shape index (κ1) is 10.4. The number of aliphatic imine (C=N–C) groups is 1. The lowest BCUT2D eigenvalue weighted by Gasteiger charge is -1.95. The molecule has 1 aromatic rings. The van der Waals surface area contributed by atoms with E-state index in [2.05, 4.69) is 9.73 Å². The second-order valence-electron chi connectivity index (χ2n) is 2.87. The summed E-state index contributed by atoms with van der Waals surface area (Å²) >= 11 is 0. The lowest BCUT2D eigenvalue weighted by atomic mass is 10.2. The predicted octanol–water partition coefficient (Wildman–Crippen LogP) is 2.57. The highest BCUT2D eigenvalue weighted by Crippen LogP contribution is 2.00. The number of benzene rings is 1. The zero-order valence-electron chi connectivity index (χ0n) is 8.36. The van der Waals surface area contributed by atoms with Crippen LogP contribution in [0.5, 0.6) is 0 Å². The Morgan fingerprint density at radius 1 is 1.43 bits per heavy atom. The van der Waals surface area contributed by atoms with Crippen LogP contribution in [0.3, 0.4) is 0 Å². The largest absolute Gasteiger partial charge is 0.448 e. The van der Waals surface area contributed by atoms with E-state index in [0.717, 1.165) is 5.56 Å². The SMILES string of the molecule is CCOC(=O)N=Cc1ccc(C)cc1. The molecule has 0 atom stereocenters. The molecule has 0 aliphatic carbocycles. The van der Waals surface area contributed by atoms with Crippen LogP contribution in [0.2, 0.25) is 0 Å². The molecule has 0 unspecified atom stereocenters. The minimum atomic E-state index is -0.548. The van der Waals surface area contributed by atoms with Crippen molar-refractivity contribution in [3.05, 3.63) is 35.4 Å². The Morgan fingerprint density at radius 3 is 2.64 bits per heavy atom. The summed E-state index contributed by atoms with van der Waals surface area (Å²) in [6.45, 7) is 4.11. The quantitative estimate of drug-likeness (QED) is 0.674. The van der Waals surface area contributed by atoms with E-state index in [-0.39, 0.29) is 0 Å². The van der Waals surface area contributed by atoms with Crippen LogP contribution in [0.1, 0.15) is 18.1 Å². The van der Waals surface area contributed by atoms with Crippen LogP contribution < -0.4 is 0 Å². The van der Waals surface area contributed by atoms with E-state index in [0.29, 0.717) is 6.61 Å². The third-order valence-corrected chi connectivity index (χ3v) is 1.66. The van der Waals surface area contributed by atoms with Crippen LogP contribution in [0.4, 0.5) is 4.79 Å². The van der Waals surface area contributed by atoms with E-state index in [9.17, 15) is 4.79 Å². The van der Waals surface area contributed by atoms with Gasteiger partial charge in [-0.3, -0.25) is 0 Å². The van der Waals surface area contributed by atoms with Gasteiger partial charge in [0.25, 0.3) is 0 Å². The first-order chi connectivity index (χ1) is 6.72. The van der Waals surface area contributed by atoms with E-state index < -0.39 is 6.09 Å². The topological polar surface area (TPSA) is 38.7 Å². The molecule has 1 rings (SSSR count). The second kappa shape index (κ2) is 5.17. The summed E-state index contributed by atoms with van der Waals surface area (Å²) in [7, 11) is 0. The maximum absolute atomic E-state index is 10.9. The highest BCUT2D eigenvalue weighted by Gasteiger charge is 1.94. The van der Waals surface area contributed by atoms with Crippen molar-refractivity contribution in [2.75, 3.05) is 6.61 Å². The lowest BCUT2D eigenvalue weighted by Crippen LogP contribution is -1.98. The van der Waals surface area contributed by atoms with E-state index in [1.165, 1.54) is 11.8 Å².